The summed E-state index contributed by atoms with van der Waals surface area (Å²) in [4.78, 5) is 0. The van der Waals surface area contributed by atoms with Crippen LogP contribution < -0.4 is 0 Å². The quantitative estimate of drug-likeness (QED) is 0.593. The van der Waals surface area contributed by atoms with Crippen LogP contribution >= 0.6 is 0 Å². The Morgan fingerprint density at radius 1 is 1.56 bits per heavy atom. The summed E-state index contributed by atoms with van der Waals surface area (Å²) in [6.07, 6.45) is 0. The van der Waals surface area contributed by atoms with Gasteiger partial charge in [0.2, 0.25) is 0 Å². The molecule has 0 aromatic heterocycles. The molecule has 1 aromatic carbocycles. The van der Waals surface area contributed by atoms with Crippen molar-refractivity contribution in [3.05, 3.63) is 35.4 Å². The highest BCUT2D eigenvalue weighted by molar-refractivity contribution is 5.19. The van der Waals surface area contributed by atoms with Crippen molar-refractivity contribution in [2.75, 3.05) is 0 Å². The van der Waals surface area contributed by atoms with Crippen molar-refractivity contribution >= 4 is 0 Å². The molecule has 1 aromatic rings. The Bertz CT molecular complexity index is 194. The maximum Gasteiger partial charge on any atom is 0.0687 e. The second kappa shape index (κ2) is 2.65. The molecule has 0 aliphatic heterocycles. The van der Waals surface area contributed by atoms with Crippen molar-refractivity contribution in [3.63, 3.8) is 0 Å². The number of aliphatic hydroxyl groups is 1. The lowest BCUT2D eigenvalue weighted by molar-refractivity contribution is 0.281. The van der Waals surface area contributed by atoms with Gasteiger partial charge in [-0.05, 0) is 24.1 Å². The number of aliphatic hydroxyl groups excluding tert-OH is 1. The Hall–Kier alpha value is -0.820. The van der Waals surface area contributed by atoms with Crippen LogP contribution in [0.3, 0.4) is 0 Å². The fourth-order valence-corrected chi connectivity index (χ4v) is 0.737. The molecule has 0 heterocycles. The first-order valence-electron chi connectivity index (χ1n) is 2.91. The number of hydrogen-bond donors (Lipinski definition) is 1. The van der Waals surface area contributed by atoms with Crippen LogP contribution in [0.15, 0.2) is 18.2 Å². The van der Waals surface area contributed by atoms with E-state index in [1.54, 1.807) is 0 Å². The summed E-state index contributed by atoms with van der Waals surface area (Å²) in [5.74, 6) is 0. The Balaban J connectivity index is 2.94. The average molecular weight is 121 g/mol. The molecule has 1 N–H and O–H groups in total. The Morgan fingerprint density at radius 3 is 2.78 bits per heavy atom. The lowest BCUT2D eigenvalue weighted by atomic mass is 10.1. The zero-order valence-corrected chi connectivity index (χ0v) is 5.39. The Kier molecular flexibility index (Phi) is 1.85. The summed E-state index contributed by atoms with van der Waals surface area (Å²) in [5.41, 5.74) is 1.93. The highest BCUT2D eigenvalue weighted by atomic mass is 16.3. The smallest absolute Gasteiger partial charge is 0.0687 e. The molecule has 0 aliphatic rings. The van der Waals surface area contributed by atoms with E-state index in [4.69, 9.17) is 5.11 Å². The molecular formula is C8H9O. The highest BCUT2D eigenvalue weighted by Crippen LogP contribution is 2.01. The van der Waals surface area contributed by atoms with Crippen molar-refractivity contribution in [2.24, 2.45) is 0 Å². The predicted octanol–water partition coefficient (Wildman–Crippen LogP) is 1.29. The molecule has 0 saturated heterocycles. The maximum absolute atomic E-state index is 8.63. The van der Waals surface area contributed by atoms with Crippen molar-refractivity contribution in [1.29, 1.82) is 0 Å². The van der Waals surface area contributed by atoms with Gasteiger partial charge in [-0.25, -0.2) is 0 Å². The van der Waals surface area contributed by atoms with Gasteiger partial charge in [0.05, 0.1) is 6.61 Å². The van der Waals surface area contributed by atoms with Gasteiger partial charge in [0.1, 0.15) is 0 Å². The Morgan fingerprint density at radius 2 is 2.33 bits per heavy atom. The summed E-state index contributed by atoms with van der Waals surface area (Å²) in [6, 6.07) is 8.73. The van der Waals surface area contributed by atoms with Crippen LogP contribution in [-0.4, -0.2) is 5.11 Å². The molecule has 0 aliphatic carbocycles. The molecule has 1 nitrogen and oxygen atoms in total. The van der Waals surface area contributed by atoms with Crippen LogP contribution in [0.4, 0.5) is 0 Å². The number of aryl methyl sites for hydroxylation is 1. The minimum absolute atomic E-state index is 0.0850. The first-order chi connectivity index (χ1) is 4.33. The molecule has 0 bridgehead atoms. The van der Waals surface area contributed by atoms with Crippen LogP contribution in [-0.2, 0) is 6.61 Å². The van der Waals surface area contributed by atoms with Crippen molar-refractivity contribution in [2.45, 2.75) is 13.5 Å². The van der Waals surface area contributed by atoms with E-state index in [1.807, 2.05) is 25.1 Å². The summed E-state index contributed by atoms with van der Waals surface area (Å²) in [5, 5.41) is 8.63. The van der Waals surface area contributed by atoms with E-state index in [0.29, 0.717) is 0 Å². The van der Waals surface area contributed by atoms with Gasteiger partial charge in [-0.1, -0.05) is 18.2 Å². The van der Waals surface area contributed by atoms with E-state index in [1.165, 1.54) is 0 Å². The molecule has 47 valence electrons. The predicted molar refractivity (Wildman–Crippen MR) is 35.9 cm³/mol. The number of benzene rings is 1. The minimum Gasteiger partial charge on any atom is -0.392 e. The SMILES string of the molecule is Cc1[c]c(CO)ccc1. The third kappa shape index (κ3) is 1.54. The molecule has 1 heteroatoms. The average Bonchev–Trinajstić information content (AvgIpc) is 1.88. The fraction of sp³-hybridized carbons (Fsp3) is 0.250. The molecule has 0 fully saturated rings. The van der Waals surface area contributed by atoms with Crippen LogP contribution in [0.2, 0.25) is 0 Å². The zero-order valence-electron chi connectivity index (χ0n) is 5.39. The highest BCUT2D eigenvalue weighted by Gasteiger charge is 1.87. The van der Waals surface area contributed by atoms with Gasteiger partial charge in [0.15, 0.2) is 0 Å². The second-order valence-corrected chi connectivity index (χ2v) is 2.02. The van der Waals surface area contributed by atoms with Crippen molar-refractivity contribution in [3.8, 4) is 0 Å². The molecule has 0 unspecified atom stereocenters. The summed E-state index contributed by atoms with van der Waals surface area (Å²) < 4.78 is 0. The molecule has 0 spiro atoms. The van der Waals surface area contributed by atoms with Gasteiger partial charge in [0.25, 0.3) is 0 Å². The van der Waals surface area contributed by atoms with Gasteiger partial charge in [-0.3, -0.25) is 0 Å². The van der Waals surface area contributed by atoms with Crippen molar-refractivity contribution in [1.82, 2.24) is 0 Å². The van der Waals surface area contributed by atoms with Crippen LogP contribution in [0.25, 0.3) is 0 Å². The fourth-order valence-electron chi connectivity index (χ4n) is 0.737. The van der Waals surface area contributed by atoms with Crippen molar-refractivity contribution < 1.29 is 5.11 Å². The molecule has 0 amide bonds. The Labute approximate surface area is 55.0 Å². The zero-order chi connectivity index (χ0) is 6.69. The largest absolute Gasteiger partial charge is 0.392 e. The molecule has 0 saturated carbocycles. The maximum atomic E-state index is 8.63. The summed E-state index contributed by atoms with van der Waals surface area (Å²) in [6.45, 7) is 2.04. The van der Waals surface area contributed by atoms with E-state index >= 15 is 0 Å². The van der Waals surface area contributed by atoms with E-state index in [-0.39, 0.29) is 6.61 Å². The monoisotopic (exact) mass is 121 g/mol. The third-order valence-electron chi connectivity index (χ3n) is 1.17. The number of hydrogen-bond acceptors (Lipinski definition) is 1. The van der Waals surface area contributed by atoms with E-state index < -0.39 is 0 Å². The van der Waals surface area contributed by atoms with E-state index in [0.717, 1.165) is 11.1 Å². The molecule has 9 heavy (non-hydrogen) atoms. The first kappa shape index (κ1) is 6.30. The van der Waals surface area contributed by atoms with E-state index in [9.17, 15) is 0 Å². The first-order valence-corrected chi connectivity index (χ1v) is 2.91. The van der Waals surface area contributed by atoms with E-state index in [2.05, 4.69) is 6.07 Å². The molecule has 1 radical (unpaired) electrons. The normalized spacial score (nSPS) is 9.56. The topological polar surface area (TPSA) is 20.2 Å². The van der Waals surface area contributed by atoms with Crippen LogP contribution in [0, 0.1) is 13.0 Å². The van der Waals surface area contributed by atoms with Crippen LogP contribution in [0.5, 0.6) is 0 Å². The summed E-state index contributed by atoms with van der Waals surface area (Å²) in [7, 11) is 0. The van der Waals surface area contributed by atoms with Gasteiger partial charge < -0.3 is 5.11 Å². The lowest BCUT2D eigenvalue weighted by Gasteiger charge is -1.93. The molecule has 1 rings (SSSR count). The second-order valence-electron chi connectivity index (χ2n) is 2.02. The lowest BCUT2D eigenvalue weighted by Crippen LogP contribution is -1.82. The minimum atomic E-state index is 0.0850. The molecule has 0 atom stereocenters. The number of rotatable bonds is 1. The third-order valence-corrected chi connectivity index (χ3v) is 1.17. The van der Waals surface area contributed by atoms with Gasteiger partial charge in [0, 0.05) is 0 Å². The van der Waals surface area contributed by atoms with Gasteiger partial charge >= 0.3 is 0 Å². The molecular weight excluding hydrogens is 112 g/mol. The van der Waals surface area contributed by atoms with Crippen LogP contribution in [0.1, 0.15) is 11.1 Å². The van der Waals surface area contributed by atoms with Gasteiger partial charge in [-0.15, -0.1) is 0 Å². The van der Waals surface area contributed by atoms with Gasteiger partial charge in [-0.2, -0.15) is 0 Å². The standard InChI is InChI=1S/C8H9O/c1-7-3-2-4-8(5-7)6-9/h2-4,9H,6H2,1H3. The summed E-state index contributed by atoms with van der Waals surface area (Å²) >= 11 is 0.